The molecule has 6 aliphatic heterocycles. The first kappa shape index (κ1) is 19.1. The summed E-state index contributed by atoms with van der Waals surface area (Å²) in [5.74, 6) is 0.949. The predicted octanol–water partition coefficient (Wildman–Crippen LogP) is 4.51. The fourth-order valence-electron chi connectivity index (χ4n) is 5.74. The number of anilines is 1. The number of hydrogen-bond acceptors (Lipinski definition) is 3. The molecule has 8 rings (SSSR count). The highest BCUT2D eigenvalue weighted by atomic mass is 16.2. The summed E-state index contributed by atoms with van der Waals surface area (Å²) in [6.07, 6.45) is 13.1. The van der Waals surface area contributed by atoms with Crippen LogP contribution in [0, 0.1) is 0 Å². The third-order valence-electron chi connectivity index (χ3n) is 7.50. The van der Waals surface area contributed by atoms with E-state index in [2.05, 4.69) is 34.5 Å². The number of aryl methyl sites for hydroxylation is 1. The maximum absolute atomic E-state index is 13.2. The Morgan fingerprint density at radius 2 is 1.62 bits per heavy atom. The van der Waals surface area contributed by atoms with Crippen LogP contribution in [0.5, 0.6) is 0 Å². The average molecular weight is 395 g/mol. The summed E-state index contributed by atoms with van der Waals surface area (Å²) in [6.45, 7) is 3.28. The molecule has 6 heterocycles. The van der Waals surface area contributed by atoms with E-state index in [9.17, 15) is 4.79 Å². The third kappa shape index (κ3) is 3.70. The molecule has 0 unspecified atom stereocenters. The lowest BCUT2D eigenvalue weighted by atomic mass is 9.84. The second-order valence-corrected chi connectivity index (χ2v) is 9.39. The molecule has 2 amide bonds. The van der Waals surface area contributed by atoms with E-state index in [4.69, 9.17) is 4.99 Å². The highest BCUT2D eigenvalue weighted by Crippen LogP contribution is 2.39. The summed E-state index contributed by atoms with van der Waals surface area (Å²) >= 11 is 0. The van der Waals surface area contributed by atoms with E-state index in [1.165, 1.54) is 50.6 Å². The van der Waals surface area contributed by atoms with Crippen molar-refractivity contribution in [3.05, 3.63) is 29.8 Å². The summed E-state index contributed by atoms with van der Waals surface area (Å²) < 4.78 is 0. The molecule has 156 valence electrons. The van der Waals surface area contributed by atoms with Crippen LogP contribution in [0.3, 0.4) is 0 Å². The van der Waals surface area contributed by atoms with E-state index in [0.29, 0.717) is 6.04 Å². The fraction of sp³-hybridized carbons (Fsp3) is 0.667. The lowest BCUT2D eigenvalue weighted by Crippen LogP contribution is -2.57. The lowest BCUT2D eigenvalue weighted by molar-refractivity contribution is 0.187. The van der Waals surface area contributed by atoms with Gasteiger partial charge >= 0.3 is 6.03 Å². The molecule has 7 aliphatic rings. The highest BCUT2D eigenvalue weighted by Gasteiger charge is 2.53. The van der Waals surface area contributed by atoms with Crippen molar-refractivity contribution < 1.29 is 4.79 Å². The van der Waals surface area contributed by atoms with Crippen LogP contribution in [0.1, 0.15) is 69.8 Å². The molecule has 0 aromatic heterocycles. The number of hydrogen-bond donors (Lipinski definition) is 1. The molecule has 0 atom stereocenters. The van der Waals surface area contributed by atoms with E-state index < -0.39 is 0 Å². The van der Waals surface area contributed by atoms with Crippen LogP contribution in [0.2, 0.25) is 0 Å². The molecular formula is C24H34N4O. The zero-order chi connectivity index (χ0) is 19.7. The van der Waals surface area contributed by atoms with E-state index in [0.717, 1.165) is 56.7 Å². The molecule has 5 heteroatoms. The monoisotopic (exact) mass is 394 g/mol. The van der Waals surface area contributed by atoms with Gasteiger partial charge in [0.1, 0.15) is 11.4 Å². The van der Waals surface area contributed by atoms with Crippen LogP contribution in [0.25, 0.3) is 0 Å². The topological polar surface area (TPSA) is 47.9 Å². The number of carbonyl (C=O) groups is 1. The summed E-state index contributed by atoms with van der Waals surface area (Å²) in [5, 5.41) is 3.22. The predicted molar refractivity (Wildman–Crippen MR) is 118 cm³/mol. The van der Waals surface area contributed by atoms with Gasteiger partial charge in [-0.1, -0.05) is 37.8 Å². The Bertz CT molecular complexity index is 758. The molecule has 29 heavy (non-hydrogen) atoms. The summed E-state index contributed by atoms with van der Waals surface area (Å²) in [4.78, 5) is 23.0. The Morgan fingerprint density at radius 1 is 0.897 bits per heavy atom. The molecule has 2 saturated heterocycles. The van der Waals surface area contributed by atoms with Gasteiger partial charge in [-0.05, 0) is 69.2 Å². The molecule has 4 bridgehead atoms. The molecule has 1 aromatic carbocycles. The first-order chi connectivity index (χ1) is 14.2. The third-order valence-corrected chi connectivity index (χ3v) is 7.50. The normalized spacial score (nSPS) is 32.3. The van der Waals surface area contributed by atoms with Crippen LogP contribution in [-0.2, 0) is 6.42 Å². The average Bonchev–Trinajstić information content (AvgIpc) is 3.01. The van der Waals surface area contributed by atoms with Gasteiger partial charge in [-0.15, -0.1) is 0 Å². The molecule has 1 saturated carbocycles. The number of amidine groups is 1. The highest BCUT2D eigenvalue weighted by molar-refractivity contribution is 6.19. The number of urea groups is 1. The maximum atomic E-state index is 13.2. The minimum atomic E-state index is -0.295. The Labute approximate surface area is 174 Å². The number of rotatable bonds is 1. The molecule has 0 radical (unpaired) electrons. The second kappa shape index (κ2) is 8.10. The molecular weight excluding hydrogens is 360 g/mol. The number of nitrogens with one attached hydrogen (secondary N) is 1. The Balaban J connectivity index is 1.53. The number of nitrogens with zero attached hydrogens (tertiary/aromatic N) is 3. The quantitative estimate of drug-likeness (QED) is 0.762. The van der Waals surface area contributed by atoms with Crippen molar-refractivity contribution in [2.75, 3.05) is 24.5 Å². The van der Waals surface area contributed by atoms with Gasteiger partial charge < -0.3 is 4.90 Å². The first-order valence-electron chi connectivity index (χ1n) is 11.8. The van der Waals surface area contributed by atoms with Crippen LogP contribution in [0.15, 0.2) is 29.3 Å². The molecule has 1 spiro atoms. The minimum absolute atomic E-state index is 0.00727. The van der Waals surface area contributed by atoms with Gasteiger partial charge in [-0.25, -0.2) is 4.79 Å². The summed E-state index contributed by atoms with van der Waals surface area (Å²) in [7, 11) is 0. The van der Waals surface area contributed by atoms with E-state index >= 15 is 0 Å². The number of piperidine rings is 1. The number of amides is 2. The van der Waals surface area contributed by atoms with Gasteiger partial charge in [0.15, 0.2) is 0 Å². The van der Waals surface area contributed by atoms with Crippen molar-refractivity contribution in [2.45, 2.75) is 82.2 Å². The van der Waals surface area contributed by atoms with E-state index in [1.54, 1.807) is 0 Å². The van der Waals surface area contributed by atoms with Gasteiger partial charge in [0.25, 0.3) is 0 Å². The zero-order valence-electron chi connectivity index (χ0n) is 17.5. The van der Waals surface area contributed by atoms with Crippen LogP contribution < -0.4 is 10.2 Å². The van der Waals surface area contributed by atoms with Crippen molar-refractivity contribution in [3.63, 3.8) is 0 Å². The van der Waals surface area contributed by atoms with Crippen molar-refractivity contribution in [3.8, 4) is 0 Å². The fourth-order valence-corrected chi connectivity index (χ4v) is 5.74. The molecule has 3 fully saturated rings. The maximum Gasteiger partial charge on any atom is 0.328 e. The SMILES string of the molecule is O=C1NC(=NC2CCCCC2)C23CCN(CCCCCc4ccc(cc4)N12)CC3. The number of benzene rings is 1. The van der Waals surface area contributed by atoms with Gasteiger partial charge in [0, 0.05) is 18.8 Å². The zero-order valence-corrected chi connectivity index (χ0v) is 17.5. The lowest BCUT2D eigenvalue weighted by Gasteiger charge is -2.44. The van der Waals surface area contributed by atoms with Crippen LogP contribution in [0.4, 0.5) is 10.5 Å². The van der Waals surface area contributed by atoms with Gasteiger partial charge in [0.2, 0.25) is 0 Å². The molecule has 1 N–H and O–H groups in total. The van der Waals surface area contributed by atoms with Crippen molar-refractivity contribution in [1.82, 2.24) is 10.2 Å². The molecule has 1 aliphatic carbocycles. The molecule has 5 nitrogen and oxygen atoms in total. The van der Waals surface area contributed by atoms with Crippen LogP contribution in [-0.4, -0.2) is 48.0 Å². The molecule has 1 aromatic rings. The van der Waals surface area contributed by atoms with Gasteiger partial charge in [-0.2, -0.15) is 0 Å². The Hall–Kier alpha value is -1.88. The summed E-state index contributed by atoms with van der Waals surface area (Å²) in [5.41, 5.74) is 2.10. The van der Waals surface area contributed by atoms with Gasteiger partial charge in [-0.3, -0.25) is 15.2 Å². The van der Waals surface area contributed by atoms with Crippen molar-refractivity contribution in [1.29, 1.82) is 0 Å². The second-order valence-electron chi connectivity index (χ2n) is 9.39. The van der Waals surface area contributed by atoms with Gasteiger partial charge in [0.05, 0.1) is 6.04 Å². The Morgan fingerprint density at radius 3 is 2.38 bits per heavy atom. The van der Waals surface area contributed by atoms with Crippen molar-refractivity contribution in [2.24, 2.45) is 4.99 Å². The summed E-state index contributed by atoms with van der Waals surface area (Å²) in [6, 6.07) is 9.12. The Kier molecular flexibility index (Phi) is 5.33. The first-order valence-corrected chi connectivity index (χ1v) is 11.8. The van der Waals surface area contributed by atoms with Crippen molar-refractivity contribution >= 4 is 17.6 Å². The smallest absolute Gasteiger partial charge is 0.303 e. The largest absolute Gasteiger partial charge is 0.328 e. The number of carbonyl (C=O) groups excluding carboxylic acids is 1. The van der Waals surface area contributed by atoms with E-state index in [-0.39, 0.29) is 11.6 Å². The van der Waals surface area contributed by atoms with Crippen LogP contribution >= 0.6 is 0 Å². The number of aliphatic imine (C=N–C) groups is 1. The minimum Gasteiger partial charge on any atom is -0.303 e. The van der Waals surface area contributed by atoms with E-state index in [1.807, 2.05) is 4.90 Å². The standard InChI is InChI=1S/C24H34N4O/c29-23-26-22(25-20-8-4-1-5-9-20)24-14-17-27(18-15-24)16-6-2-3-7-19-10-12-21(13-11-19)28(23)24/h10-13,20H,1-9,14-18H2,(H,25,26,29).